The monoisotopic (exact) mass is 387 g/mol. The molecule has 106 valence electrons. The van der Waals surface area contributed by atoms with E-state index in [4.69, 9.17) is 39.5 Å². The maximum Gasteiger partial charge on any atom is 0.246 e. The third-order valence-electron chi connectivity index (χ3n) is 2.13. The number of carbonyl (C=O) groups is 1. The molecule has 1 aromatic rings. The first-order chi connectivity index (χ1) is 8.82. The molecule has 0 saturated carbocycles. The Hall–Kier alpha value is -0.160. The molecule has 1 atom stereocenters. The average Bonchev–Trinajstić information content (AvgIpc) is 2.30. The van der Waals surface area contributed by atoms with Crippen molar-refractivity contribution in [2.45, 2.75) is 29.8 Å². The van der Waals surface area contributed by atoms with E-state index < -0.39 is 10.0 Å². The minimum atomic E-state index is -1.75. The number of nitrogens with one attached hydrogen (secondary N) is 1. The molecule has 0 aliphatic carbocycles. The highest BCUT2D eigenvalue weighted by Gasteiger charge is 2.36. The van der Waals surface area contributed by atoms with Crippen molar-refractivity contribution < 1.29 is 9.53 Å². The minimum absolute atomic E-state index is 0.226. The summed E-state index contributed by atoms with van der Waals surface area (Å²) in [6, 6.07) is 7.00. The summed E-state index contributed by atoms with van der Waals surface area (Å²) in [6.45, 7) is 1.89. The molecule has 7 heteroatoms. The first kappa shape index (κ1) is 16.9. The second kappa shape index (κ2) is 7.58. The molecule has 1 N–H and O–H groups in total. The third-order valence-corrected chi connectivity index (χ3v) is 3.26. The average molecular weight is 390 g/mol. The van der Waals surface area contributed by atoms with Crippen molar-refractivity contribution >= 4 is 56.6 Å². The Morgan fingerprint density at radius 3 is 2.42 bits per heavy atom. The van der Waals surface area contributed by atoms with E-state index in [0.717, 1.165) is 4.47 Å². The van der Waals surface area contributed by atoms with Gasteiger partial charge in [0.1, 0.15) is 5.75 Å². The third kappa shape index (κ3) is 6.21. The van der Waals surface area contributed by atoms with Crippen LogP contribution in [-0.4, -0.2) is 15.9 Å². The molecule has 0 radical (unpaired) electrons. The molecule has 0 heterocycles. The number of alkyl halides is 3. The van der Waals surface area contributed by atoms with Gasteiger partial charge in [0.15, 0.2) is 0 Å². The Labute approximate surface area is 135 Å². The highest BCUT2D eigenvalue weighted by atomic mass is 79.9. The van der Waals surface area contributed by atoms with Gasteiger partial charge in [-0.05, 0) is 30.7 Å². The van der Waals surface area contributed by atoms with Crippen LogP contribution in [0.15, 0.2) is 28.7 Å². The molecule has 0 unspecified atom stereocenters. The summed E-state index contributed by atoms with van der Waals surface area (Å²) >= 11 is 20.7. The van der Waals surface area contributed by atoms with E-state index in [1.165, 1.54) is 0 Å². The summed E-state index contributed by atoms with van der Waals surface area (Å²) in [4.78, 5) is 11.6. The highest BCUT2D eigenvalue weighted by molar-refractivity contribution is 9.10. The normalized spacial score (nSPS) is 12.9. The van der Waals surface area contributed by atoms with Gasteiger partial charge in [0, 0.05) is 10.9 Å². The van der Waals surface area contributed by atoms with Crippen LogP contribution in [0, 0.1) is 0 Å². The Balaban J connectivity index is 2.75. The number of hydrogen-bond acceptors (Lipinski definition) is 2. The fourth-order valence-corrected chi connectivity index (χ4v) is 1.83. The number of amides is 1. The number of ether oxygens (including phenoxy) is 1. The van der Waals surface area contributed by atoms with Gasteiger partial charge in [-0.3, -0.25) is 4.79 Å². The van der Waals surface area contributed by atoms with E-state index in [0.29, 0.717) is 18.6 Å². The van der Waals surface area contributed by atoms with Gasteiger partial charge in [0.25, 0.3) is 0 Å². The molecule has 1 aromatic carbocycles. The Kier molecular flexibility index (Phi) is 6.74. The molecule has 1 rings (SSSR count). The molecule has 1 amide bonds. The van der Waals surface area contributed by atoms with Gasteiger partial charge in [-0.2, -0.15) is 0 Å². The zero-order valence-electron chi connectivity index (χ0n) is 10.1. The topological polar surface area (TPSA) is 38.3 Å². The van der Waals surface area contributed by atoms with Crippen molar-refractivity contribution in [3.8, 4) is 5.75 Å². The fourth-order valence-electron chi connectivity index (χ4n) is 1.27. The number of halogens is 4. The quantitative estimate of drug-likeness (QED) is 0.597. The molecule has 3 nitrogen and oxygen atoms in total. The first-order valence-corrected chi connectivity index (χ1v) is 7.54. The molecule has 0 bridgehead atoms. The van der Waals surface area contributed by atoms with Crippen LogP contribution in [0.4, 0.5) is 0 Å². The molecule has 0 aliphatic heterocycles. The maximum absolute atomic E-state index is 11.6. The molecule has 19 heavy (non-hydrogen) atoms. The van der Waals surface area contributed by atoms with Crippen LogP contribution in [0.5, 0.6) is 5.75 Å². The summed E-state index contributed by atoms with van der Waals surface area (Å²) < 4.78 is 4.65. The largest absolute Gasteiger partial charge is 0.466 e. The van der Waals surface area contributed by atoms with Gasteiger partial charge < -0.3 is 10.1 Å². The van der Waals surface area contributed by atoms with Crippen LogP contribution in [0.3, 0.4) is 0 Å². The van der Waals surface area contributed by atoms with Crippen molar-refractivity contribution in [1.29, 1.82) is 0 Å². The lowest BCUT2D eigenvalue weighted by atomic mass is 10.3. The zero-order valence-corrected chi connectivity index (χ0v) is 14.0. The van der Waals surface area contributed by atoms with E-state index in [-0.39, 0.29) is 5.91 Å². The molecule has 0 aromatic heterocycles. The summed E-state index contributed by atoms with van der Waals surface area (Å²) in [7, 11) is 0. The Bertz CT molecular complexity index is 420. The predicted molar refractivity (Wildman–Crippen MR) is 81.9 cm³/mol. The van der Waals surface area contributed by atoms with Gasteiger partial charge in [-0.25, -0.2) is 0 Å². The van der Waals surface area contributed by atoms with E-state index in [1.807, 2.05) is 6.92 Å². The second-order valence-corrected chi connectivity index (χ2v) is 7.10. The van der Waals surface area contributed by atoms with Crippen LogP contribution in [0.25, 0.3) is 0 Å². The van der Waals surface area contributed by atoms with Gasteiger partial charge in [-0.1, -0.05) is 57.7 Å². The van der Waals surface area contributed by atoms with Gasteiger partial charge in [0.05, 0.1) is 0 Å². The SMILES string of the molecule is CCCC(=O)N[C@@H](Oc1ccc(Br)cc1)C(Cl)(Cl)Cl. The summed E-state index contributed by atoms with van der Waals surface area (Å²) in [5.41, 5.74) is 0. The Morgan fingerprint density at radius 2 is 1.95 bits per heavy atom. The maximum atomic E-state index is 11.6. The molecule has 0 aliphatic rings. The van der Waals surface area contributed by atoms with Crippen LogP contribution < -0.4 is 10.1 Å². The molecule has 0 saturated heterocycles. The highest BCUT2D eigenvalue weighted by Crippen LogP contribution is 2.32. The Morgan fingerprint density at radius 1 is 1.37 bits per heavy atom. The number of carbonyl (C=O) groups excluding carboxylic acids is 1. The van der Waals surface area contributed by atoms with Crippen molar-refractivity contribution in [3.05, 3.63) is 28.7 Å². The lowest BCUT2D eigenvalue weighted by molar-refractivity contribution is -0.123. The number of rotatable bonds is 5. The van der Waals surface area contributed by atoms with E-state index in [1.54, 1.807) is 24.3 Å². The molecule has 0 spiro atoms. The van der Waals surface area contributed by atoms with Crippen molar-refractivity contribution in [1.82, 2.24) is 5.32 Å². The van der Waals surface area contributed by atoms with E-state index >= 15 is 0 Å². The molecular weight excluding hydrogens is 376 g/mol. The lowest BCUT2D eigenvalue weighted by Crippen LogP contribution is -2.47. The number of benzene rings is 1. The van der Waals surface area contributed by atoms with Crippen molar-refractivity contribution in [3.63, 3.8) is 0 Å². The molecule has 0 fully saturated rings. The summed E-state index contributed by atoms with van der Waals surface area (Å²) in [5, 5.41) is 2.55. The van der Waals surface area contributed by atoms with E-state index in [2.05, 4.69) is 21.2 Å². The minimum Gasteiger partial charge on any atom is -0.466 e. The summed E-state index contributed by atoms with van der Waals surface area (Å²) in [5.74, 6) is 0.271. The first-order valence-electron chi connectivity index (χ1n) is 5.61. The van der Waals surface area contributed by atoms with Crippen molar-refractivity contribution in [2.24, 2.45) is 0 Å². The zero-order chi connectivity index (χ0) is 14.5. The van der Waals surface area contributed by atoms with Crippen LogP contribution in [0.2, 0.25) is 0 Å². The second-order valence-electron chi connectivity index (χ2n) is 3.81. The fraction of sp³-hybridized carbons (Fsp3) is 0.417. The van der Waals surface area contributed by atoms with Crippen LogP contribution in [-0.2, 0) is 4.79 Å². The summed E-state index contributed by atoms with van der Waals surface area (Å²) in [6.07, 6.45) is 0.00944. The lowest BCUT2D eigenvalue weighted by Gasteiger charge is -2.26. The molecular formula is C12H13BrCl3NO2. The van der Waals surface area contributed by atoms with Gasteiger partial charge in [0.2, 0.25) is 15.9 Å². The predicted octanol–water partition coefficient (Wildman–Crippen LogP) is 4.44. The van der Waals surface area contributed by atoms with Gasteiger partial charge >= 0.3 is 0 Å². The van der Waals surface area contributed by atoms with Gasteiger partial charge in [-0.15, -0.1) is 0 Å². The number of hydrogen-bond donors (Lipinski definition) is 1. The van der Waals surface area contributed by atoms with Crippen LogP contribution >= 0.6 is 50.7 Å². The standard InChI is InChI=1S/C12H13BrCl3NO2/c1-2-3-10(18)17-11(12(14,15)16)19-9-6-4-8(13)5-7-9/h4-7,11H,2-3H2,1H3,(H,17,18)/t11-/m0/s1. The van der Waals surface area contributed by atoms with E-state index in [9.17, 15) is 4.79 Å². The smallest absolute Gasteiger partial charge is 0.246 e. The van der Waals surface area contributed by atoms with Crippen LogP contribution in [0.1, 0.15) is 19.8 Å². The van der Waals surface area contributed by atoms with Crippen molar-refractivity contribution in [2.75, 3.05) is 0 Å².